The van der Waals surface area contributed by atoms with E-state index in [4.69, 9.17) is 16.3 Å². The first kappa shape index (κ1) is 22.0. The minimum Gasteiger partial charge on any atom is -0.487 e. The molecule has 0 aliphatic heterocycles. The van der Waals surface area contributed by atoms with Crippen molar-refractivity contribution in [3.8, 4) is 5.75 Å². The normalized spacial score (nSPS) is 10.7. The van der Waals surface area contributed by atoms with E-state index < -0.39 is 0 Å². The summed E-state index contributed by atoms with van der Waals surface area (Å²) in [6.45, 7) is 0.810. The Morgan fingerprint density at radius 1 is 1.03 bits per heavy atom. The highest BCUT2D eigenvalue weighted by molar-refractivity contribution is 9.10. The molecule has 0 radical (unpaired) electrons. The quantitative estimate of drug-likeness (QED) is 0.314. The number of halogens is 3. The standard InChI is InChI=1S/C24H18BrClFN3O2/c25-19-7-10-22(21(26)13-19)32-15-17-1-5-18(6-2-17)24(31)28-23-11-12-30(29-23)14-16-3-8-20(27)9-4-16/h1-13H,14-15H2,(H,28,29,31). The third-order valence-corrected chi connectivity index (χ3v) is 5.43. The van der Waals surface area contributed by atoms with Gasteiger partial charge in [-0.1, -0.05) is 51.8 Å². The Kier molecular flexibility index (Phi) is 6.87. The van der Waals surface area contributed by atoms with Crippen molar-refractivity contribution in [2.24, 2.45) is 0 Å². The molecule has 8 heteroatoms. The van der Waals surface area contributed by atoms with Gasteiger partial charge in [-0.05, 0) is 53.6 Å². The Balaban J connectivity index is 1.32. The van der Waals surface area contributed by atoms with Crippen LogP contribution >= 0.6 is 27.5 Å². The summed E-state index contributed by atoms with van der Waals surface area (Å²) in [6.07, 6.45) is 1.76. The molecule has 0 unspecified atom stereocenters. The first-order valence-corrected chi connectivity index (χ1v) is 10.9. The summed E-state index contributed by atoms with van der Waals surface area (Å²) in [7, 11) is 0. The molecule has 3 aromatic carbocycles. The summed E-state index contributed by atoms with van der Waals surface area (Å²) in [5.74, 6) is 0.486. The number of anilines is 1. The molecule has 0 aliphatic rings. The Bertz CT molecular complexity index is 1230. The van der Waals surface area contributed by atoms with E-state index in [2.05, 4.69) is 26.3 Å². The molecule has 0 fully saturated rings. The molecule has 4 aromatic rings. The molecule has 0 atom stereocenters. The van der Waals surface area contributed by atoms with Crippen molar-refractivity contribution in [2.75, 3.05) is 5.32 Å². The first-order valence-electron chi connectivity index (χ1n) is 9.72. The molecule has 0 aliphatic carbocycles. The van der Waals surface area contributed by atoms with E-state index in [0.717, 1.165) is 15.6 Å². The van der Waals surface area contributed by atoms with Crippen LogP contribution in [-0.2, 0) is 13.2 Å². The van der Waals surface area contributed by atoms with Crippen LogP contribution in [0.25, 0.3) is 0 Å². The highest BCUT2D eigenvalue weighted by atomic mass is 79.9. The van der Waals surface area contributed by atoms with Gasteiger partial charge in [-0.15, -0.1) is 0 Å². The second kappa shape index (κ2) is 9.97. The lowest BCUT2D eigenvalue weighted by Crippen LogP contribution is -2.13. The summed E-state index contributed by atoms with van der Waals surface area (Å²) in [5, 5.41) is 7.65. The van der Waals surface area contributed by atoms with Crippen LogP contribution in [0.5, 0.6) is 5.75 Å². The van der Waals surface area contributed by atoms with Crippen molar-refractivity contribution >= 4 is 39.3 Å². The van der Waals surface area contributed by atoms with Gasteiger partial charge in [-0.3, -0.25) is 9.48 Å². The van der Waals surface area contributed by atoms with Gasteiger partial charge in [-0.25, -0.2) is 4.39 Å². The van der Waals surface area contributed by atoms with Gasteiger partial charge < -0.3 is 10.1 Å². The van der Waals surface area contributed by atoms with Gasteiger partial charge in [0.2, 0.25) is 0 Å². The van der Waals surface area contributed by atoms with Crippen LogP contribution in [0.4, 0.5) is 10.2 Å². The van der Waals surface area contributed by atoms with Crippen molar-refractivity contribution in [2.45, 2.75) is 13.2 Å². The molecule has 1 aromatic heterocycles. The number of carbonyl (C=O) groups is 1. The van der Waals surface area contributed by atoms with Gasteiger partial charge in [0.15, 0.2) is 5.82 Å². The van der Waals surface area contributed by atoms with Gasteiger partial charge in [0.1, 0.15) is 18.2 Å². The topological polar surface area (TPSA) is 56.2 Å². The lowest BCUT2D eigenvalue weighted by atomic mass is 10.1. The van der Waals surface area contributed by atoms with Crippen molar-refractivity contribution < 1.29 is 13.9 Å². The molecule has 162 valence electrons. The third-order valence-electron chi connectivity index (χ3n) is 4.64. The van der Waals surface area contributed by atoms with Crippen LogP contribution in [0.15, 0.2) is 83.5 Å². The number of nitrogens with one attached hydrogen (secondary N) is 1. The van der Waals surface area contributed by atoms with Gasteiger partial charge in [-0.2, -0.15) is 5.10 Å². The zero-order valence-corrected chi connectivity index (χ0v) is 19.1. The Morgan fingerprint density at radius 2 is 1.75 bits per heavy atom. The molecular formula is C24H18BrClFN3O2. The number of benzene rings is 3. The fourth-order valence-electron chi connectivity index (χ4n) is 2.99. The highest BCUT2D eigenvalue weighted by Crippen LogP contribution is 2.28. The minimum absolute atomic E-state index is 0.263. The Hall–Kier alpha value is -3.16. The van der Waals surface area contributed by atoms with E-state index in [1.165, 1.54) is 12.1 Å². The predicted molar refractivity (Wildman–Crippen MR) is 126 cm³/mol. The number of hydrogen-bond acceptors (Lipinski definition) is 3. The second-order valence-corrected chi connectivity index (χ2v) is 8.36. The van der Waals surface area contributed by atoms with Crippen molar-refractivity contribution in [1.29, 1.82) is 0 Å². The second-order valence-electron chi connectivity index (χ2n) is 7.04. The average molecular weight is 515 g/mol. The zero-order valence-electron chi connectivity index (χ0n) is 16.8. The van der Waals surface area contributed by atoms with E-state index in [1.54, 1.807) is 53.3 Å². The lowest BCUT2D eigenvalue weighted by Gasteiger charge is -2.09. The molecule has 1 N–H and O–H groups in total. The van der Waals surface area contributed by atoms with Crippen LogP contribution in [0.1, 0.15) is 21.5 Å². The lowest BCUT2D eigenvalue weighted by molar-refractivity contribution is 0.102. The van der Waals surface area contributed by atoms with Crippen LogP contribution in [0.3, 0.4) is 0 Å². The van der Waals surface area contributed by atoms with Gasteiger partial charge >= 0.3 is 0 Å². The highest BCUT2D eigenvalue weighted by Gasteiger charge is 2.09. The van der Waals surface area contributed by atoms with Crippen LogP contribution in [0.2, 0.25) is 5.02 Å². The number of ether oxygens (including phenoxy) is 1. The van der Waals surface area contributed by atoms with Crippen molar-refractivity contribution in [1.82, 2.24) is 9.78 Å². The number of amides is 1. The third kappa shape index (κ3) is 5.75. The largest absolute Gasteiger partial charge is 0.487 e. The summed E-state index contributed by atoms with van der Waals surface area (Å²) >= 11 is 9.52. The number of nitrogens with zero attached hydrogens (tertiary/aromatic N) is 2. The minimum atomic E-state index is -0.281. The molecule has 0 spiro atoms. The molecule has 0 bridgehead atoms. The Morgan fingerprint density at radius 3 is 2.47 bits per heavy atom. The van der Waals surface area contributed by atoms with E-state index in [-0.39, 0.29) is 11.7 Å². The maximum Gasteiger partial charge on any atom is 0.256 e. The monoisotopic (exact) mass is 513 g/mol. The van der Waals surface area contributed by atoms with Gasteiger partial charge in [0.25, 0.3) is 5.91 Å². The number of hydrogen-bond donors (Lipinski definition) is 1. The van der Waals surface area contributed by atoms with E-state index in [0.29, 0.717) is 35.3 Å². The summed E-state index contributed by atoms with van der Waals surface area (Å²) < 4.78 is 21.3. The SMILES string of the molecule is O=C(Nc1ccn(Cc2ccc(F)cc2)n1)c1ccc(COc2ccc(Br)cc2Cl)cc1. The van der Waals surface area contributed by atoms with Gasteiger partial charge in [0, 0.05) is 22.3 Å². The summed E-state index contributed by atoms with van der Waals surface area (Å²) in [6, 6.07) is 20.5. The van der Waals surface area contributed by atoms with E-state index >= 15 is 0 Å². The van der Waals surface area contributed by atoms with Crippen molar-refractivity contribution in [3.05, 3.63) is 111 Å². The number of aromatic nitrogens is 2. The molecule has 0 saturated heterocycles. The fourth-order valence-corrected chi connectivity index (χ4v) is 3.72. The van der Waals surface area contributed by atoms with Crippen LogP contribution in [-0.4, -0.2) is 15.7 Å². The first-order chi connectivity index (χ1) is 15.5. The number of rotatable bonds is 7. The van der Waals surface area contributed by atoms with Gasteiger partial charge in [0.05, 0.1) is 11.6 Å². The molecular weight excluding hydrogens is 497 g/mol. The smallest absolute Gasteiger partial charge is 0.256 e. The number of carbonyl (C=O) groups excluding carboxylic acids is 1. The zero-order chi connectivity index (χ0) is 22.5. The molecule has 0 saturated carbocycles. The molecule has 5 nitrogen and oxygen atoms in total. The average Bonchev–Trinajstić information content (AvgIpc) is 3.22. The Labute approximate surface area is 197 Å². The molecule has 4 rings (SSSR count). The molecule has 32 heavy (non-hydrogen) atoms. The fraction of sp³-hybridized carbons (Fsp3) is 0.0833. The van der Waals surface area contributed by atoms with Crippen LogP contribution in [0, 0.1) is 5.82 Å². The van der Waals surface area contributed by atoms with E-state index in [9.17, 15) is 9.18 Å². The summed E-state index contributed by atoms with van der Waals surface area (Å²) in [5.41, 5.74) is 2.32. The predicted octanol–water partition coefficient (Wildman–Crippen LogP) is 6.32. The summed E-state index contributed by atoms with van der Waals surface area (Å²) in [4.78, 5) is 12.5. The van der Waals surface area contributed by atoms with Crippen molar-refractivity contribution in [3.63, 3.8) is 0 Å². The maximum atomic E-state index is 13.0. The van der Waals surface area contributed by atoms with Crippen LogP contribution < -0.4 is 10.1 Å². The molecule has 1 heterocycles. The maximum absolute atomic E-state index is 13.0. The molecule has 1 amide bonds. The van der Waals surface area contributed by atoms with E-state index in [1.807, 2.05) is 18.2 Å².